The minimum Gasteiger partial charge on any atom is -0.389 e. The number of hydrogen-bond donors (Lipinski definition) is 1. The van der Waals surface area contributed by atoms with Gasteiger partial charge < -0.3 is 5.11 Å². The Bertz CT molecular complexity index is 92.9. The Balaban J connectivity index is 3.75. The maximum Gasteiger partial charge on any atom is 0.0748 e. The molecule has 60 valence electrons. The predicted molar refractivity (Wildman–Crippen MR) is 44.9 cm³/mol. The molecule has 0 aliphatic carbocycles. The fourth-order valence-corrected chi connectivity index (χ4v) is 1.13. The van der Waals surface area contributed by atoms with Crippen molar-refractivity contribution in [2.24, 2.45) is 5.92 Å². The second-order valence-corrected chi connectivity index (χ2v) is 2.59. The van der Waals surface area contributed by atoms with E-state index in [0.717, 1.165) is 12.8 Å². The number of allylic oxidation sites excluding steroid dienone is 1. The number of hydrogen-bond acceptors (Lipinski definition) is 1. The van der Waals surface area contributed by atoms with E-state index < -0.39 is 0 Å². The van der Waals surface area contributed by atoms with Gasteiger partial charge in [-0.05, 0) is 12.8 Å². The summed E-state index contributed by atoms with van der Waals surface area (Å²) < 4.78 is 0. The van der Waals surface area contributed by atoms with Crippen molar-refractivity contribution in [3.05, 3.63) is 12.2 Å². The van der Waals surface area contributed by atoms with E-state index in [9.17, 15) is 5.11 Å². The van der Waals surface area contributed by atoms with Crippen LogP contribution in [0.3, 0.4) is 0 Å². The molecule has 0 amide bonds. The molecule has 0 aromatic rings. The third kappa shape index (κ3) is 3.02. The fourth-order valence-electron chi connectivity index (χ4n) is 1.13. The Hall–Kier alpha value is -0.300. The van der Waals surface area contributed by atoms with Crippen molar-refractivity contribution in [3.8, 4) is 0 Å². The molecular weight excluding hydrogens is 124 g/mol. The lowest BCUT2D eigenvalue weighted by Crippen LogP contribution is -2.15. The highest BCUT2D eigenvalue weighted by molar-refractivity contribution is 4.88. The summed E-state index contributed by atoms with van der Waals surface area (Å²) in [6, 6.07) is 0. The summed E-state index contributed by atoms with van der Waals surface area (Å²) in [4.78, 5) is 0. The van der Waals surface area contributed by atoms with Crippen molar-refractivity contribution in [3.63, 3.8) is 0 Å². The SMILES string of the molecule is C/C=C/[C@H](O)C(CC)CC. The van der Waals surface area contributed by atoms with Gasteiger partial charge in [0.1, 0.15) is 0 Å². The van der Waals surface area contributed by atoms with Gasteiger partial charge in [-0.1, -0.05) is 38.8 Å². The standard InChI is InChI=1S/C9H18O/c1-4-7-9(10)8(5-2)6-3/h4,7-10H,5-6H2,1-3H3/b7-4+/t9-/m0/s1. The van der Waals surface area contributed by atoms with Gasteiger partial charge in [0.25, 0.3) is 0 Å². The van der Waals surface area contributed by atoms with E-state index in [2.05, 4.69) is 13.8 Å². The average molecular weight is 142 g/mol. The highest BCUT2D eigenvalue weighted by atomic mass is 16.3. The van der Waals surface area contributed by atoms with Gasteiger partial charge in [0, 0.05) is 0 Å². The van der Waals surface area contributed by atoms with Crippen LogP contribution in [0.2, 0.25) is 0 Å². The second kappa shape index (κ2) is 5.48. The molecule has 0 radical (unpaired) electrons. The van der Waals surface area contributed by atoms with E-state index in [4.69, 9.17) is 0 Å². The van der Waals surface area contributed by atoms with Crippen LogP contribution in [0.4, 0.5) is 0 Å². The van der Waals surface area contributed by atoms with E-state index in [-0.39, 0.29) is 6.10 Å². The number of aliphatic hydroxyl groups excluding tert-OH is 1. The Morgan fingerprint density at radius 1 is 1.30 bits per heavy atom. The zero-order valence-corrected chi connectivity index (χ0v) is 7.17. The Labute approximate surface area is 63.8 Å². The zero-order valence-electron chi connectivity index (χ0n) is 7.17. The van der Waals surface area contributed by atoms with Gasteiger partial charge in [0.2, 0.25) is 0 Å². The first-order chi connectivity index (χ1) is 4.76. The maximum atomic E-state index is 9.42. The molecule has 1 nitrogen and oxygen atoms in total. The van der Waals surface area contributed by atoms with Crippen LogP contribution < -0.4 is 0 Å². The molecule has 10 heavy (non-hydrogen) atoms. The minimum absolute atomic E-state index is 0.236. The quantitative estimate of drug-likeness (QED) is 0.597. The smallest absolute Gasteiger partial charge is 0.0748 e. The molecule has 0 spiro atoms. The Morgan fingerprint density at radius 3 is 2.10 bits per heavy atom. The van der Waals surface area contributed by atoms with Gasteiger partial charge in [-0.25, -0.2) is 0 Å². The number of rotatable bonds is 4. The second-order valence-electron chi connectivity index (χ2n) is 2.59. The van der Waals surface area contributed by atoms with Crippen LogP contribution >= 0.6 is 0 Å². The summed E-state index contributed by atoms with van der Waals surface area (Å²) in [5, 5.41) is 9.42. The van der Waals surface area contributed by atoms with E-state index >= 15 is 0 Å². The predicted octanol–water partition coefficient (Wildman–Crippen LogP) is 2.36. The summed E-state index contributed by atoms with van der Waals surface area (Å²) in [7, 11) is 0. The van der Waals surface area contributed by atoms with Crippen LogP contribution in [0.5, 0.6) is 0 Å². The highest BCUT2D eigenvalue weighted by Gasteiger charge is 2.10. The molecule has 0 aromatic heterocycles. The molecular formula is C9H18O. The van der Waals surface area contributed by atoms with E-state index in [1.165, 1.54) is 0 Å². The molecule has 0 saturated carbocycles. The molecule has 1 atom stereocenters. The van der Waals surface area contributed by atoms with Crippen molar-refractivity contribution in [1.29, 1.82) is 0 Å². The molecule has 0 heterocycles. The van der Waals surface area contributed by atoms with Gasteiger partial charge in [0.15, 0.2) is 0 Å². The number of aliphatic hydroxyl groups is 1. The first-order valence-corrected chi connectivity index (χ1v) is 4.07. The van der Waals surface area contributed by atoms with Crippen LogP contribution in [0.1, 0.15) is 33.6 Å². The lowest BCUT2D eigenvalue weighted by molar-refractivity contribution is 0.146. The minimum atomic E-state index is -0.236. The highest BCUT2D eigenvalue weighted by Crippen LogP contribution is 2.13. The van der Waals surface area contributed by atoms with E-state index in [1.54, 1.807) is 0 Å². The van der Waals surface area contributed by atoms with Crippen LogP contribution in [-0.2, 0) is 0 Å². The van der Waals surface area contributed by atoms with Crippen molar-refractivity contribution >= 4 is 0 Å². The summed E-state index contributed by atoms with van der Waals surface area (Å²) in [5.74, 6) is 0.441. The van der Waals surface area contributed by atoms with Crippen LogP contribution in [-0.4, -0.2) is 11.2 Å². The molecule has 1 heteroatoms. The normalized spacial score (nSPS) is 14.9. The molecule has 0 rings (SSSR count). The topological polar surface area (TPSA) is 20.2 Å². The largest absolute Gasteiger partial charge is 0.389 e. The van der Waals surface area contributed by atoms with Crippen molar-refractivity contribution < 1.29 is 5.11 Å². The summed E-state index contributed by atoms with van der Waals surface area (Å²) in [6.45, 7) is 6.16. The monoisotopic (exact) mass is 142 g/mol. The zero-order chi connectivity index (χ0) is 7.98. The lowest BCUT2D eigenvalue weighted by Gasteiger charge is -2.15. The first kappa shape index (κ1) is 9.70. The molecule has 0 aliphatic heterocycles. The van der Waals surface area contributed by atoms with Crippen LogP contribution in [0, 0.1) is 5.92 Å². The summed E-state index contributed by atoms with van der Waals surface area (Å²) in [6.07, 6.45) is 5.64. The van der Waals surface area contributed by atoms with E-state index in [0.29, 0.717) is 5.92 Å². The first-order valence-electron chi connectivity index (χ1n) is 4.07. The third-order valence-corrected chi connectivity index (χ3v) is 1.92. The molecule has 0 aliphatic rings. The van der Waals surface area contributed by atoms with Crippen molar-refractivity contribution in [2.75, 3.05) is 0 Å². The summed E-state index contributed by atoms with van der Waals surface area (Å²) >= 11 is 0. The van der Waals surface area contributed by atoms with Gasteiger partial charge in [-0.15, -0.1) is 0 Å². The molecule has 0 saturated heterocycles. The van der Waals surface area contributed by atoms with Gasteiger partial charge in [0.05, 0.1) is 6.10 Å². The molecule has 0 fully saturated rings. The maximum absolute atomic E-state index is 9.42. The van der Waals surface area contributed by atoms with Gasteiger partial charge >= 0.3 is 0 Å². The van der Waals surface area contributed by atoms with Crippen LogP contribution in [0.25, 0.3) is 0 Å². The molecule has 0 unspecified atom stereocenters. The average Bonchev–Trinajstić information content (AvgIpc) is 1.91. The molecule has 1 N–H and O–H groups in total. The van der Waals surface area contributed by atoms with Gasteiger partial charge in [-0.2, -0.15) is 0 Å². The van der Waals surface area contributed by atoms with Gasteiger partial charge in [-0.3, -0.25) is 0 Å². The van der Waals surface area contributed by atoms with Crippen LogP contribution in [0.15, 0.2) is 12.2 Å². The third-order valence-electron chi connectivity index (χ3n) is 1.92. The lowest BCUT2D eigenvalue weighted by atomic mass is 9.96. The molecule has 0 bridgehead atoms. The Kier molecular flexibility index (Phi) is 5.32. The fraction of sp³-hybridized carbons (Fsp3) is 0.778. The summed E-state index contributed by atoms with van der Waals surface area (Å²) in [5.41, 5.74) is 0. The molecule has 0 aromatic carbocycles. The van der Waals surface area contributed by atoms with Crippen molar-refractivity contribution in [2.45, 2.75) is 39.7 Å². The van der Waals surface area contributed by atoms with E-state index in [1.807, 2.05) is 19.1 Å². The van der Waals surface area contributed by atoms with Crippen molar-refractivity contribution in [1.82, 2.24) is 0 Å². The Morgan fingerprint density at radius 2 is 1.80 bits per heavy atom.